The number of hydrogen-bond donors (Lipinski definition) is 1. The molecule has 2 nitrogen and oxygen atoms in total. The van der Waals surface area contributed by atoms with Gasteiger partial charge in [-0.05, 0) is 23.8 Å². The standard InChI is InChI=1S/C10H14O2/c1-5-7(11)4-6-8(9(5)12)10(6,2)3/h5-6,12H,4H2,1-3H3/t5-,6+/m1/s1. The predicted octanol–water partition coefficient (Wildman–Crippen LogP) is 2.06. The van der Waals surface area contributed by atoms with E-state index in [1.807, 2.05) is 0 Å². The van der Waals surface area contributed by atoms with Crippen molar-refractivity contribution in [3.8, 4) is 0 Å². The summed E-state index contributed by atoms with van der Waals surface area (Å²) in [6.45, 7) is 5.97. The predicted molar refractivity (Wildman–Crippen MR) is 45.7 cm³/mol. The second kappa shape index (κ2) is 1.93. The average Bonchev–Trinajstić information content (AvgIpc) is 2.49. The van der Waals surface area contributed by atoms with Crippen LogP contribution in [-0.2, 0) is 4.79 Å². The largest absolute Gasteiger partial charge is 0.512 e. The topological polar surface area (TPSA) is 37.3 Å². The second-order valence-electron chi connectivity index (χ2n) is 4.47. The van der Waals surface area contributed by atoms with Crippen LogP contribution in [0.4, 0.5) is 0 Å². The molecule has 0 aromatic rings. The second-order valence-corrected chi connectivity index (χ2v) is 4.47. The van der Waals surface area contributed by atoms with Gasteiger partial charge in [0.1, 0.15) is 11.5 Å². The third-order valence-corrected chi connectivity index (χ3v) is 3.40. The molecule has 1 fully saturated rings. The Kier molecular flexibility index (Phi) is 1.26. The number of carbonyl (C=O) groups is 1. The van der Waals surface area contributed by atoms with Crippen LogP contribution in [0.5, 0.6) is 0 Å². The molecule has 0 aliphatic heterocycles. The molecule has 2 aliphatic carbocycles. The Morgan fingerprint density at radius 1 is 1.50 bits per heavy atom. The Balaban J connectivity index is 2.42. The SMILES string of the molecule is C[C@@H]1C(=O)C[C@H]2C(=C1O)C2(C)C. The zero-order valence-corrected chi connectivity index (χ0v) is 7.72. The van der Waals surface area contributed by atoms with E-state index in [1.165, 1.54) is 0 Å². The quantitative estimate of drug-likeness (QED) is 0.598. The average molecular weight is 166 g/mol. The van der Waals surface area contributed by atoms with Gasteiger partial charge in [0.2, 0.25) is 0 Å². The van der Waals surface area contributed by atoms with Gasteiger partial charge in [-0.15, -0.1) is 0 Å². The number of hydrogen-bond acceptors (Lipinski definition) is 2. The smallest absolute Gasteiger partial charge is 0.143 e. The molecule has 0 unspecified atom stereocenters. The van der Waals surface area contributed by atoms with Crippen molar-refractivity contribution >= 4 is 5.78 Å². The van der Waals surface area contributed by atoms with Gasteiger partial charge in [-0.1, -0.05) is 13.8 Å². The fourth-order valence-corrected chi connectivity index (χ4v) is 2.27. The van der Waals surface area contributed by atoms with Crippen LogP contribution in [0.3, 0.4) is 0 Å². The lowest BCUT2D eigenvalue weighted by Gasteiger charge is -2.12. The maximum atomic E-state index is 11.3. The normalized spacial score (nSPS) is 38.1. The van der Waals surface area contributed by atoms with Crippen molar-refractivity contribution in [3.63, 3.8) is 0 Å². The Morgan fingerprint density at radius 3 is 2.67 bits per heavy atom. The van der Waals surface area contributed by atoms with Gasteiger partial charge >= 0.3 is 0 Å². The minimum atomic E-state index is -0.252. The van der Waals surface area contributed by atoms with Crippen LogP contribution < -0.4 is 0 Å². The summed E-state index contributed by atoms with van der Waals surface area (Å²) in [5.74, 6) is 0.618. The first kappa shape index (κ1) is 7.84. The van der Waals surface area contributed by atoms with Crippen molar-refractivity contribution in [1.29, 1.82) is 0 Å². The Bertz CT molecular complexity index is 286. The third kappa shape index (κ3) is 0.728. The van der Waals surface area contributed by atoms with Crippen molar-refractivity contribution < 1.29 is 9.90 Å². The lowest BCUT2D eigenvalue weighted by Crippen LogP contribution is -2.17. The van der Waals surface area contributed by atoms with Crippen LogP contribution in [0.25, 0.3) is 0 Å². The van der Waals surface area contributed by atoms with Crippen molar-refractivity contribution in [2.75, 3.05) is 0 Å². The highest BCUT2D eigenvalue weighted by Crippen LogP contribution is 2.63. The number of aliphatic hydroxyl groups excluding tert-OH is 1. The number of aliphatic hydroxyl groups is 1. The minimum absolute atomic E-state index is 0.0878. The molecule has 0 spiro atoms. The van der Waals surface area contributed by atoms with E-state index in [1.54, 1.807) is 6.92 Å². The van der Waals surface area contributed by atoms with E-state index in [0.29, 0.717) is 18.1 Å². The molecule has 1 N–H and O–H groups in total. The van der Waals surface area contributed by atoms with Gasteiger partial charge in [-0.2, -0.15) is 0 Å². The molecule has 2 aliphatic rings. The molecule has 12 heavy (non-hydrogen) atoms. The highest BCUT2D eigenvalue weighted by Gasteiger charge is 2.58. The van der Waals surface area contributed by atoms with Crippen LogP contribution in [0.15, 0.2) is 11.3 Å². The van der Waals surface area contributed by atoms with Crippen LogP contribution in [0.1, 0.15) is 27.2 Å². The van der Waals surface area contributed by atoms with E-state index < -0.39 is 0 Å². The number of allylic oxidation sites excluding steroid dienone is 2. The lowest BCUT2D eigenvalue weighted by atomic mass is 9.94. The first-order chi connectivity index (χ1) is 5.46. The van der Waals surface area contributed by atoms with Gasteiger partial charge in [0.05, 0.1) is 5.92 Å². The minimum Gasteiger partial charge on any atom is -0.512 e. The zero-order valence-electron chi connectivity index (χ0n) is 7.72. The molecular formula is C10H14O2. The number of Topliss-reactive ketones (excluding diaryl/α,β-unsaturated/α-hetero) is 1. The van der Waals surface area contributed by atoms with Gasteiger partial charge in [0, 0.05) is 6.42 Å². The molecule has 2 atom stereocenters. The molecule has 0 aromatic heterocycles. The summed E-state index contributed by atoms with van der Waals surface area (Å²) in [6.07, 6.45) is 0.633. The van der Waals surface area contributed by atoms with E-state index in [4.69, 9.17) is 0 Å². The number of fused-ring (bicyclic) bond motifs is 1. The van der Waals surface area contributed by atoms with Crippen LogP contribution in [0, 0.1) is 17.3 Å². The van der Waals surface area contributed by atoms with Gasteiger partial charge in [-0.25, -0.2) is 0 Å². The molecule has 0 aromatic carbocycles. The fourth-order valence-electron chi connectivity index (χ4n) is 2.27. The van der Waals surface area contributed by atoms with Gasteiger partial charge < -0.3 is 5.11 Å². The van der Waals surface area contributed by atoms with Crippen molar-refractivity contribution in [3.05, 3.63) is 11.3 Å². The molecule has 0 amide bonds. The number of carbonyl (C=O) groups excluding carboxylic acids is 1. The zero-order chi connectivity index (χ0) is 9.09. The van der Waals surface area contributed by atoms with Gasteiger partial charge in [0.15, 0.2) is 0 Å². The summed E-state index contributed by atoms with van der Waals surface area (Å²) >= 11 is 0. The molecule has 0 radical (unpaired) electrons. The molecule has 0 bridgehead atoms. The van der Waals surface area contributed by atoms with E-state index in [9.17, 15) is 9.90 Å². The van der Waals surface area contributed by atoms with E-state index >= 15 is 0 Å². The molecule has 2 heteroatoms. The van der Waals surface area contributed by atoms with E-state index in [-0.39, 0.29) is 17.1 Å². The van der Waals surface area contributed by atoms with E-state index in [0.717, 1.165) is 5.57 Å². The van der Waals surface area contributed by atoms with E-state index in [2.05, 4.69) is 13.8 Å². The summed E-state index contributed by atoms with van der Waals surface area (Å²) in [5.41, 5.74) is 1.21. The summed E-state index contributed by atoms with van der Waals surface area (Å²) < 4.78 is 0. The molecule has 0 saturated heterocycles. The van der Waals surface area contributed by atoms with Crippen LogP contribution in [-0.4, -0.2) is 10.9 Å². The third-order valence-electron chi connectivity index (χ3n) is 3.40. The highest BCUT2D eigenvalue weighted by molar-refractivity contribution is 5.87. The Hall–Kier alpha value is -0.790. The van der Waals surface area contributed by atoms with Gasteiger partial charge in [-0.3, -0.25) is 4.79 Å². The first-order valence-corrected chi connectivity index (χ1v) is 4.42. The monoisotopic (exact) mass is 166 g/mol. The lowest BCUT2D eigenvalue weighted by molar-refractivity contribution is -0.122. The van der Waals surface area contributed by atoms with Crippen molar-refractivity contribution in [1.82, 2.24) is 0 Å². The Labute approximate surface area is 72.3 Å². The van der Waals surface area contributed by atoms with Crippen LogP contribution in [0.2, 0.25) is 0 Å². The molecule has 66 valence electrons. The van der Waals surface area contributed by atoms with Crippen molar-refractivity contribution in [2.24, 2.45) is 17.3 Å². The Morgan fingerprint density at radius 2 is 2.08 bits per heavy atom. The summed E-state index contributed by atoms with van der Waals surface area (Å²) in [5, 5.41) is 9.65. The number of ketones is 1. The molecule has 0 heterocycles. The highest BCUT2D eigenvalue weighted by atomic mass is 16.3. The maximum absolute atomic E-state index is 11.3. The summed E-state index contributed by atoms with van der Waals surface area (Å²) in [7, 11) is 0. The fraction of sp³-hybridized carbons (Fsp3) is 0.700. The van der Waals surface area contributed by atoms with Crippen LogP contribution >= 0.6 is 0 Å². The summed E-state index contributed by atoms with van der Waals surface area (Å²) in [6, 6.07) is 0. The molecule has 2 rings (SSSR count). The first-order valence-electron chi connectivity index (χ1n) is 4.42. The summed E-state index contributed by atoms with van der Waals surface area (Å²) in [4.78, 5) is 11.3. The number of rotatable bonds is 0. The maximum Gasteiger partial charge on any atom is 0.143 e. The molecular weight excluding hydrogens is 152 g/mol. The molecule has 1 saturated carbocycles. The van der Waals surface area contributed by atoms with Gasteiger partial charge in [0.25, 0.3) is 0 Å². The van der Waals surface area contributed by atoms with Crippen molar-refractivity contribution in [2.45, 2.75) is 27.2 Å².